The summed E-state index contributed by atoms with van der Waals surface area (Å²) >= 11 is 0. The Hall–Kier alpha value is 1.25. The van der Waals surface area contributed by atoms with Crippen LogP contribution in [0.3, 0.4) is 0 Å². The fourth-order valence-corrected chi connectivity index (χ4v) is 15.0. The highest BCUT2D eigenvalue weighted by molar-refractivity contribution is 7.61. The molecule has 4 heteroatoms. The molecule has 146 valence electrons. The Labute approximate surface area is 161 Å². The van der Waals surface area contributed by atoms with Crippen molar-refractivity contribution in [2.75, 3.05) is 18.9 Å². The van der Waals surface area contributed by atoms with Crippen molar-refractivity contribution in [3.8, 4) is 0 Å². The molecule has 3 aliphatic rings. The second-order valence-corrected chi connectivity index (χ2v) is 18.7. The molecule has 0 bridgehead atoms. The summed E-state index contributed by atoms with van der Waals surface area (Å²) in [6, 6.07) is 0. The molecule has 0 aromatic rings. The third-order valence-corrected chi connectivity index (χ3v) is 18.0. The van der Waals surface area contributed by atoms with Gasteiger partial charge in [0.05, 0.1) is 0 Å². The molecular formula is C21H42NP3. The second-order valence-electron chi connectivity index (χ2n) is 9.46. The smallest absolute Gasteiger partial charge is 0.0196 e. The third-order valence-electron chi connectivity index (χ3n) is 7.49. The van der Waals surface area contributed by atoms with Crippen molar-refractivity contribution in [2.45, 2.75) is 114 Å². The molecule has 3 heterocycles. The number of hydrogen-bond donors (Lipinski definition) is 0. The van der Waals surface area contributed by atoms with Gasteiger partial charge in [-0.1, -0.05) is 65.3 Å². The minimum atomic E-state index is 0.242. The largest absolute Gasteiger partial charge is 0.291 e. The summed E-state index contributed by atoms with van der Waals surface area (Å²) in [7, 11) is 0.727. The minimum absolute atomic E-state index is 0.242. The monoisotopic (exact) mass is 401 g/mol. The van der Waals surface area contributed by atoms with Crippen molar-refractivity contribution in [2.24, 2.45) is 0 Å². The Bertz CT molecular complexity index is 340. The van der Waals surface area contributed by atoms with Gasteiger partial charge in [0.2, 0.25) is 0 Å². The van der Waals surface area contributed by atoms with Crippen molar-refractivity contribution < 1.29 is 0 Å². The van der Waals surface area contributed by atoms with Crippen LogP contribution in [0.4, 0.5) is 0 Å². The van der Waals surface area contributed by atoms with Gasteiger partial charge in [0.1, 0.15) is 0 Å². The van der Waals surface area contributed by atoms with Gasteiger partial charge in [0.15, 0.2) is 0 Å². The number of rotatable bonds is 6. The van der Waals surface area contributed by atoms with Gasteiger partial charge in [0.25, 0.3) is 0 Å². The van der Waals surface area contributed by atoms with Crippen LogP contribution in [0.15, 0.2) is 0 Å². The molecule has 0 spiro atoms. The van der Waals surface area contributed by atoms with Crippen molar-refractivity contribution in [1.82, 2.24) is 4.90 Å². The van der Waals surface area contributed by atoms with Crippen LogP contribution in [0.25, 0.3) is 0 Å². The SMILES string of the molecule is C[C@H]1CC[C@H](C)P1CN(CP1[C@@H](C)CC[C@@H]1C)CP1[C@@H](C)CC[C@@H]1C. The lowest BCUT2D eigenvalue weighted by molar-refractivity contribution is 0.431. The molecule has 6 atom stereocenters. The van der Waals surface area contributed by atoms with E-state index in [9.17, 15) is 0 Å². The molecule has 1 nitrogen and oxygen atoms in total. The van der Waals surface area contributed by atoms with E-state index in [0.717, 1.165) is 34.0 Å². The van der Waals surface area contributed by atoms with Gasteiger partial charge in [-0.3, -0.25) is 4.90 Å². The Kier molecular flexibility index (Phi) is 7.69. The van der Waals surface area contributed by atoms with Crippen LogP contribution < -0.4 is 0 Å². The van der Waals surface area contributed by atoms with Gasteiger partial charge >= 0.3 is 0 Å². The van der Waals surface area contributed by atoms with Gasteiger partial charge in [-0.25, -0.2) is 0 Å². The molecule has 0 aliphatic carbocycles. The Morgan fingerprint density at radius 2 is 0.680 bits per heavy atom. The molecular weight excluding hydrogens is 359 g/mol. The maximum atomic E-state index is 3.05. The first kappa shape index (κ1) is 21.0. The first-order valence-electron chi connectivity index (χ1n) is 10.9. The summed E-state index contributed by atoms with van der Waals surface area (Å²) < 4.78 is 0. The van der Waals surface area contributed by atoms with Crippen LogP contribution in [-0.2, 0) is 0 Å². The predicted octanol–water partition coefficient (Wildman–Crippen LogP) is 7.32. The van der Waals surface area contributed by atoms with Crippen LogP contribution in [0.2, 0.25) is 0 Å². The normalized spacial score (nSPS) is 41.4. The fourth-order valence-electron chi connectivity index (χ4n) is 5.41. The molecule has 3 rings (SSSR count). The van der Waals surface area contributed by atoms with E-state index in [1.165, 1.54) is 57.4 Å². The lowest BCUT2D eigenvalue weighted by atomic mass is 10.2. The fraction of sp³-hybridized carbons (Fsp3) is 1.00. The molecule has 0 aromatic carbocycles. The molecule has 0 aromatic heterocycles. The molecule has 0 unspecified atom stereocenters. The maximum Gasteiger partial charge on any atom is 0.0196 e. The first-order valence-corrected chi connectivity index (χ1v) is 15.9. The zero-order valence-corrected chi connectivity index (χ0v) is 20.3. The van der Waals surface area contributed by atoms with E-state index in [2.05, 4.69) is 46.4 Å². The van der Waals surface area contributed by atoms with Crippen LogP contribution in [0.1, 0.15) is 80.1 Å². The van der Waals surface area contributed by atoms with E-state index in [1.54, 1.807) is 0 Å². The van der Waals surface area contributed by atoms with Gasteiger partial charge in [-0.2, -0.15) is 0 Å². The highest BCUT2D eigenvalue weighted by atomic mass is 31.1. The second kappa shape index (κ2) is 9.17. The zero-order valence-electron chi connectivity index (χ0n) is 17.6. The summed E-state index contributed by atoms with van der Waals surface area (Å²) in [5, 5.41) is 0. The van der Waals surface area contributed by atoms with Crippen LogP contribution in [-0.4, -0.2) is 57.7 Å². The van der Waals surface area contributed by atoms with Gasteiger partial charge < -0.3 is 0 Å². The van der Waals surface area contributed by atoms with Crippen LogP contribution in [0.5, 0.6) is 0 Å². The Morgan fingerprint density at radius 1 is 0.480 bits per heavy atom. The summed E-state index contributed by atoms with van der Waals surface area (Å²) in [6.07, 6.45) is 13.5. The van der Waals surface area contributed by atoms with E-state index < -0.39 is 0 Å². The lowest BCUT2D eigenvalue weighted by Crippen LogP contribution is -2.30. The number of nitrogens with zero attached hydrogens (tertiary/aromatic N) is 1. The van der Waals surface area contributed by atoms with E-state index in [-0.39, 0.29) is 23.8 Å². The highest BCUT2D eigenvalue weighted by Gasteiger charge is 2.37. The third kappa shape index (κ3) is 5.00. The summed E-state index contributed by atoms with van der Waals surface area (Å²) in [6.45, 7) is 15.4. The average Bonchev–Trinajstić information content (AvgIpc) is 3.17. The van der Waals surface area contributed by atoms with Gasteiger partial charge in [-0.05, 0) is 72.5 Å². The highest BCUT2D eigenvalue weighted by Crippen LogP contribution is 2.61. The Balaban J connectivity index is 1.68. The topological polar surface area (TPSA) is 3.24 Å². The minimum Gasteiger partial charge on any atom is -0.291 e. The molecule has 3 fully saturated rings. The predicted molar refractivity (Wildman–Crippen MR) is 122 cm³/mol. The van der Waals surface area contributed by atoms with E-state index in [4.69, 9.17) is 0 Å². The maximum absolute atomic E-state index is 3.05. The quantitative estimate of drug-likeness (QED) is 0.422. The first-order chi connectivity index (χ1) is 11.9. The molecule has 0 amide bonds. The molecule has 0 radical (unpaired) electrons. The van der Waals surface area contributed by atoms with Crippen LogP contribution in [0, 0.1) is 0 Å². The molecule has 25 heavy (non-hydrogen) atoms. The molecule has 0 saturated carbocycles. The molecule has 0 N–H and O–H groups in total. The standard InChI is InChI=1S/C21H42NP3/c1-16-7-8-17(2)23(16)13-22(14-24-18(3)9-10-19(24)4)15-25-20(5)11-12-21(25)6/h16-21H,7-15H2,1-6H3/t16-,17-,18-,19-,20-,21-/m0/s1. The molecule has 3 saturated heterocycles. The zero-order chi connectivity index (χ0) is 18.1. The average molecular weight is 401 g/mol. The van der Waals surface area contributed by atoms with Crippen molar-refractivity contribution >= 4 is 23.8 Å². The van der Waals surface area contributed by atoms with Crippen LogP contribution >= 0.6 is 23.8 Å². The van der Waals surface area contributed by atoms with Gasteiger partial charge in [-0.15, -0.1) is 0 Å². The summed E-state index contributed by atoms with van der Waals surface area (Å²) in [5.41, 5.74) is 6.11. The van der Waals surface area contributed by atoms with E-state index in [1.807, 2.05) is 0 Å². The van der Waals surface area contributed by atoms with Crippen molar-refractivity contribution in [3.63, 3.8) is 0 Å². The molecule has 3 aliphatic heterocycles. The van der Waals surface area contributed by atoms with Crippen molar-refractivity contribution in [1.29, 1.82) is 0 Å². The van der Waals surface area contributed by atoms with Gasteiger partial charge in [0, 0.05) is 18.9 Å². The van der Waals surface area contributed by atoms with E-state index in [0.29, 0.717) is 0 Å². The van der Waals surface area contributed by atoms with Crippen molar-refractivity contribution in [3.05, 3.63) is 0 Å². The van der Waals surface area contributed by atoms with E-state index >= 15 is 0 Å². The summed E-state index contributed by atoms with van der Waals surface area (Å²) in [5.74, 6) is 0. The Morgan fingerprint density at radius 3 is 0.880 bits per heavy atom. The summed E-state index contributed by atoms with van der Waals surface area (Å²) in [4.78, 5) is 3.05. The number of hydrogen-bond acceptors (Lipinski definition) is 1. The lowest BCUT2D eigenvalue weighted by Gasteiger charge is -2.37.